The Morgan fingerprint density at radius 1 is 1.46 bits per heavy atom. The fourth-order valence-corrected chi connectivity index (χ4v) is 2.36. The van der Waals surface area contributed by atoms with Crippen LogP contribution in [0.3, 0.4) is 0 Å². The third kappa shape index (κ3) is 4.59. The monoisotopic (exact) mass is 355 g/mol. The SMILES string of the molecule is CCOC(=O)[C@]1(O)C[C@H](O)[C@@H](NC(=O)CF)[C@H]([C@H](O)[C@H](O)CO)O1. The number of ether oxygens (including phenoxy) is 2. The molecule has 1 rings (SSSR count). The Labute approximate surface area is 136 Å². The van der Waals surface area contributed by atoms with E-state index >= 15 is 0 Å². The van der Waals surface area contributed by atoms with Crippen LogP contribution in [-0.4, -0.2) is 93.5 Å². The van der Waals surface area contributed by atoms with Gasteiger partial charge in [-0.05, 0) is 6.92 Å². The highest BCUT2D eigenvalue weighted by Gasteiger charge is 2.54. The van der Waals surface area contributed by atoms with Gasteiger partial charge in [-0.3, -0.25) is 4.79 Å². The summed E-state index contributed by atoms with van der Waals surface area (Å²) in [6, 6.07) is -1.45. The summed E-state index contributed by atoms with van der Waals surface area (Å²) in [4.78, 5) is 23.0. The predicted octanol–water partition coefficient (Wildman–Crippen LogP) is -3.44. The largest absolute Gasteiger partial charge is 0.462 e. The van der Waals surface area contributed by atoms with Crippen LogP contribution < -0.4 is 5.32 Å². The average molecular weight is 355 g/mol. The molecule has 1 fully saturated rings. The number of amides is 1. The van der Waals surface area contributed by atoms with E-state index in [9.17, 15) is 34.4 Å². The number of hydrogen-bond acceptors (Lipinski definition) is 9. The molecule has 1 aliphatic heterocycles. The summed E-state index contributed by atoms with van der Waals surface area (Å²) in [5, 5.41) is 50.8. The zero-order valence-corrected chi connectivity index (χ0v) is 13.0. The van der Waals surface area contributed by atoms with Crippen molar-refractivity contribution in [1.82, 2.24) is 5.32 Å². The fourth-order valence-electron chi connectivity index (χ4n) is 2.36. The van der Waals surface area contributed by atoms with Crippen LogP contribution >= 0.6 is 0 Å². The molecule has 0 unspecified atom stereocenters. The standard InChI is InChI=1S/C13H22FNO9/c1-2-23-12(21)13(22)3-6(17)9(15-8(19)4-14)11(24-13)10(20)7(18)5-16/h6-7,9-11,16-18,20,22H,2-5H2,1H3,(H,15,19)/t6-,7+,9+,10+,11+,13-/m0/s1. The first kappa shape index (κ1) is 20.7. The number of esters is 1. The Kier molecular flexibility index (Phi) is 7.45. The number of carbonyl (C=O) groups is 2. The van der Waals surface area contributed by atoms with Gasteiger partial charge in [0.25, 0.3) is 11.7 Å². The molecule has 1 heterocycles. The molecule has 11 heteroatoms. The van der Waals surface area contributed by atoms with Crippen molar-refractivity contribution in [2.45, 2.75) is 49.6 Å². The van der Waals surface area contributed by atoms with Crippen molar-refractivity contribution in [2.24, 2.45) is 0 Å². The lowest BCUT2D eigenvalue weighted by molar-refractivity contribution is -0.297. The Morgan fingerprint density at radius 3 is 2.58 bits per heavy atom. The van der Waals surface area contributed by atoms with Crippen LogP contribution in [0.15, 0.2) is 0 Å². The van der Waals surface area contributed by atoms with Crippen molar-refractivity contribution >= 4 is 11.9 Å². The number of nitrogens with one attached hydrogen (secondary N) is 1. The van der Waals surface area contributed by atoms with Gasteiger partial charge in [0.05, 0.1) is 25.4 Å². The second-order valence-electron chi connectivity index (χ2n) is 5.33. The molecular formula is C13H22FNO9. The highest BCUT2D eigenvalue weighted by atomic mass is 19.1. The normalized spacial score (nSPS) is 32.7. The van der Waals surface area contributed by atoms with Crippen molar-refractivity contribution in [3.8, 4) is 0 Å². The Morgan fingerprint density at radius 2 is 2.08 bits per heavy atom. The van der Waals surface area contributed by atoms with Gasteiger partial charge in [0, 0.05) is 6.42 Å². The summed E-state index contributed by atoms with van der Waals surface area (Å²) in [7, 11) is 0. The molecule has 6 N–H and O–H groups in total. The molecular weight excluding hydrogens is 333 g/mol. The van der Waals surface area contributed by atoms with Crippen LogP contribution in [0.2, 0.25) is 0 Å². The van der Waals surface area contributed by atoms with Gasteiger partial charge in [-0.25, -0.2) is 9.18 Å². The molecule has 0 aromatic heterocycles. The lowest BCUT2D eigenvalue weighted by Crippen LogP contribution is -2.67. The summed E-state index contributed by atoms with van der Waals surface area (Å²) in [5.41, 5.74) is 0. The van der Waals surface area contributed by atoms with Crippen LogP contribution in [0.5, 0.6) is 0 Å². The minimum atomic E-state index is -2.65. The molecule has 1 amide bonds. The van der Waals surface area contributed by atoms with Crippen molar-refractivity contribution in [2.75, 3.05) is 19.9 Å². The van der Waals surface area contributed by atoms with Gasteiger partial charge in [0.15, 0.2) is 6.67 Å². The number of halogens is 1. The Hall–Kier alpha value is -1.37. The molecule has 24 heavy (non-hydrogen) atoms. The molecule has 0 bridgehead atoms. The van der Waals surface area contributed by atoms with Crippen molar-refractivity contribution in [3.05, 3.63) is 0 Å². The number of aliphatic hydroxyl groups excluding tert-OH is 4. The second kappa shape index (κ2) is 8.65. The van der Waals surface area contributed by atoms with Crippen molar-refractivity contribution in [1.29, 1.82) is 0 Å². The third-order valence-corrected chi connectivity index (χ3v) is 3.55. The summed E-state index contributed by atoms with van der Waals surface area (Å²) in [6.45, 7) is -0.961. The zero-order chi connectivity index (χ0) is 18.5. The van der Waals surface area contributed by atoms with Crippen LogP contribution in [0.1, 0.15) is 13.3 Å². The lowest BCUT2D eigenvalue weighted by Gasteiger charge is -2.45. The zero-order valence-electron chi connectivity index (χ0n) is 13.0. The minimum absolute atomic E-state index is 0.102. The number of rotatable bonds is 7. The second-order valence-corrected chi connectivity index (χ2v) is 5.33. The van der Waals surface area contributed by atoms with Crippen LogP contribution in [0.4, 0.5) is 4.39 Å². The average Bonchev–Trinajstić information content (AvgIpc) is 2.55. The highest BCUT2D eigenvalue weighted by molar-refractivity contribution is 5.79. The van der Waals surface area contributed by atoms with E-state index in [1.54, 1.807) is 0 Å². The first-order chi connectivity index (χ1) is 11.2. The maximum absolute atomic E-state index is 12.4. The van der Waals surface area contributed by atoms with Crippen LogP contribution in [-0.2, 0) is 19.1 Å². The summed E-state index contributed by atoms with van der Waals surface area (Å²) < 4.78 is 22.1. The van der Waals surface area contributed by atoms with E-state index in [4.69, 9.17) is 9.84 Å². The van der Waals surface area contributed by atoms with Gasteiger partial charge in [-0.15, -0.1) is 0 Å². The van der Waals surface area contributed by atoms with Gasteiger partial charge in [0.1, 0.15) is 18.3 Å². The smallest absolute Gasteiger partial charge is 0.366 e. The summed E-state index contributed by atoms with van der Waals surface area (Å²) >= 11 is 0. The molecule has 6 atom stereocenters. The van der Waals surface area contributed by atoms with E-state index in [1.165, 1.54) is 6.92 Å². The molecule has 0 aromatic carbocycles. The van der Waals surface area contributed by atoms with Gasteiger partial charge in [-0.2, -0.15) is 0 Å². The summed E-state index contributed by atoms with van der Waals surface area (Å²) in [5.74, 6) is -5.03. The van der Waals surface area contributed by atoms with Gasteiger partial charge in [0.2, 0.25) is 0 Å². The van der Waals surface area contributed by atoms with E-state index in [-0.39, 0.29) is 6.61 Å². The van der Waals surface area contributed by atoms with Gasteiger partial charge < -0.3 is 40.3 Å². The molecule has 0 aromatic rings. The quantitative estimate of drug-likeness (QED) is 0.255. The fraction of sp³-hybridized carbons (Fsp3) is 0.846. The Bertz CT molecular complexity index is 451. The lowest BCUT2D eigenvalue weighted by atomic mass is 9.88. The van der Waals surface area contributed by atoms with Crippen LogP contribution in [0.25, 0.3) is 0 Å². The number of hydrogen-bond donors (Lipinski definition) is 6. The molecule has 10 nitrogen and oxygen atoms in total. The topological polar surface area (TPSA) is 166 Å². The third-order valence-electron chi connectivity index (χ3n) is 3.55. The molecule has 0 saturated carbocycles. The van der Waals surface area contributed by atoms with Crippen molar-refractivity contribution in [3.63, 3.8) is 0 Å². The Balaban J connectivity index is 3.09. The molecule has 0 aliphatic carbocycles. The molecule has 0 spiro atoms. The number of carbonyl (C=O) groups excluding carboxylic acids is 2. The first-order valence-electron chi connectivity index (χ1n) is 7.28. The maximum atomic E-state index is 12.4. The van der Waals surface area contributed by atoms with Crippen molar-refractivity contribution < 1.29 is 49.0 Å². The number of alkyl halides is 1. The van der Waals surface area contributed by atoms with E-state index < -0.39 is 67.8 Å². The van der Waals surface area contributed by atoms with Gasteiger partial charge >= 0.3 is 5.97 Å². The van der Waals surface area contributed by atoms with E-state index in [2.05, 4.69) is 4.74 Å². The van der Waals surface area contributed by atoms with Crippen LogP contribution in [0, 0.1) is 0 Å². The van der Waals surface area contributed by atoms with E-state index in [0.717, 1.165) is 0 Å². The number of aliphatic hydroxyl groups is 5. The molecule has 1 aliphatic rings. The van der Waals surface area contributed by atoms with E-state index in [0.29, 0.717) is 0 Å². The minimum Gasteiger partial charge on any atom is -0.462 e. The van der Waals surface area contributed by atoms with Gasteiger partial charge in [-0.1, -0.05) is 0 Å². The molecule has 140 valence electrons. The highest BCUT2D eigenvalue weighted by Crippen LogP contribution is 2.31. The molecule has 0 radical (unpaired) electrons. The van der Waals surface area contributed by atoms with E-state index in [1.807, 2.05) is 5.32 Å². The molecule has 1 saturated heterocycles. The summed E-state index contributed by atoms with van der Waals surface area (Å²) in [6.07, 6.45) is -7.75. The maximum Gasteiger partial charge on any atom is 0.366 e. The first-order valence-corrected chi connectivity index (χ1v) is 7.28. The predicted molar refractivity (Wildman–Crippen MR) is 74.1 cm³/mol.